The second kappa shape index (κ2) is 11.5. The number of carboxylic acid groups (broad SMARTS) is 1. The van der Waals surface area contributed by atoms with Gasteiger partial charge in [-0.2, -0.15) is 0 Å². The molecule has 0 unspecified atom stereocenters. The van der Waals surface area contributed by atoms with Crippen molar-refractivity contribution in [1.82, 2.24) is 16.0 Å². The van der Waals surface area contributed by atoms with E-state index in [1.807, 2.05) is 32.9 Å². The minimum absolute atomic E-state index is 0.208. The van der Waals surface area contributed by atoms with Crippen LogP contribution in [0.1, 0.15) is 54.0 Å². The second-order valence-electron chi connectivity index (χ2n) is 9.11. The van der Waals surface area contributed by atoms with Gasteiger partial charge in [-0.15, -0.1) is 0 Å². The Morgan fingerprint density at radius 2 is 1.50 bits per heavy atom. The number of hydrogen-bond donors (Lipinski definition) is 4. The molecule has 1 aromatic rings. The molecule has 0 saturated carbocycles. The Bertz CT molecular complexity index is 814. The van der Waals surface area contributed by atoms with E-state index in [2.05, 4.69) is 16.0 Å². The molecule has 1 rings (SSSR count). The Morgan fingerprint density at radius 3 is 1.94 bits per heavy atom. The number of carbonyl (C=O) groups excluding carboxylic acids is 3. The quantitative estimate of drug-likeness (QED) is 0.429. The van der Waals surface area contributed by atoms with Gasteiger partial charge in [-0.05, 0) is 51.3 Å². The fourth-order valence-corrected chi connectivity index (χ4v) is 2.89. The molecular weight excluding hydrogens is 414 g/mol. The number of carbonyl (C=O) groups is 4. The lowest BCUT2D eigenvalue weighted by molar-refractivity contribution is -0.142. The van der Waals surface area contributed by atoms with Gasteiger partial charge in [0.25, 0.3) is 0 Å². The normalized spacial score (nSPS) is 14.1. The third kappa shape index (κ3) is 9.36. The van der Waals surface area contributed by atoms with E-state index in [1.165, 1.54) is 13.8 Å². The van der Waals surface area contributed by atoms with Gasteiger partial charge in [0.1, 0.15) is 29.5 Å². The van der Waals surface area contributed by atoms with Crippen molar-refractivity contribution in [2.24, 2.45) is 5.92 Å². The number of nitrogens with one attached hydrogen (secondary N) is 3. The van der Waals surface area contributed by atoms with E-state index < -0.39 is 35.9 Å². The summed E-state index contributed by atoms with van der Waals surface area (Å²) in [6.07, 6.45) is 0.208. The predicted molar refractivity (Wildman–Crippen MR) is 120 cm³/mol. The summed E-state index contributed by atoms with van der Waals surface area (Å²) < 4.78 is 5.79. The van der Waals surface area contributed by atoms with Crippen LogP contribution in [0.5, 0.6) is 5.75 Å². The highest BCUT2D eigenvalue weighted by atomic mass is 16.5. The zero-order valence-corrected chi connectivity index (χ0v) is 19.8. The maximum atomic E-state index is 12.9. The van der Waals surface area contributed by atoms with Gasteiger partial charge in [0, 0.05) is 13.3 Å². The molecule has 0 aromatic heterocycles. The molecule has 0 saturated heterocycles. The van der Waals surface area contributed by atoms with Crippen molar-refractivity contribution < 1.29 is 29.0 Å². The highest BCUT2D eigenvalue weighted by molar-refractivity contribution is 5.93. The van der Waals surface area contributed by atoms with E-state index in [-0.39, 0.29) is 23.8 Å². The van der Waals surface area contributed by atoms with Gasteiger partial charge in [0.05, 0.1) is 0 Å². The first-order valence-corrected chi connectivity index (χ1v) is 10.6. The van der Waals surface area contributed by atoms with Crippen LogP contribution >= 0.6 is 0 Å². The van der Waals surface area contributed by atoms with Crippen molar-refractivity contribution in [2.45, 2.75) is 78.6 Å². The average Bonchev–Trinajstić information content (AvgIpc) is 2.64. The molecule has 32 heavy (non-hydrogen) atoms. The third-order valence-corrected chi connectivity index (χ3v) is 4.46. The summed E-state index contributed by atoms with van der Waals surface area (Å²) >= 11 is 0. The van der Waals surface area contributed by atoms with Crippen molar-refractivity contribution in [2.75, 3.05) is 0 Å². The van der Waals surface area contributed by atoms with Crippen LogP contribution in [0.3, 0.4) is 0 Å². The molecule has 4 N–H and O–H groups in total. The standard InChI is InChI=1S/C23H35N3O6/c1-13(2)19(21(29)24-14(3)22(30)31)26-20(28)18(25-15(4)27)12-16-8-10-17(11-9-16)32-23(5,6)7/h8-11,13-14,18-19H,12H2,1-7H3,(H,24,29)(H,25,27)(H,26,28)(H,30,31)/t14-,18-,19-/m0/s1. The van der Waals surface area contributed by atoms with Gasteiger partial charge in [0.15, 0.2) is 0 Å². The van der Waals surface area contributed by atoms with Crippen molar-refractivity contribution in [3.05, 3.63) is 29.8 Å². The van der Waals surface area contributed by atoms with Crippen molar-refractivity contribution in [1.29, 1.82) is 0 Å². The van der Waals surface area contributed by atoms with Crippen LogP contribution in [0.25, 0.3) is 0 Å². The van der Waals surface area contributed by atoms with E-state index in [4.69, 9.17) is 9.84 Å². The van der Waals surface area contributed by atoms with Gasteiger partial charge in [-0.1, -0.05) is 26.0 Å². The van der Waals surface area contributed by atoms with Crippen molar-refractivity contribution >= 4 is 23.7 Å². The van der Waals surface area contributed by atoms with E-state index in [0.29, 0.717) is 5.75 Å². The minimum Gasteiger partial charge on any atom is -0.488 e. The van der Waals surface area contributed by atoms with Crippen LogP contribution in [-0.4, -0.2) is 52.5 Å². The van der Waals surface area contributed by atoms with Crippen LogP contribution in [0, 0.1) is 5.92 Å². The molecule has 0 bridgehead atoms. The fourth-order valence-electron chi connectivity index (χ4n) is 2.89. The van der Waals surface area contributed by atoms with Crippen LogP contribution in [0.4, 0.5) is 0 Å². The largest absolute Gasteiger partial charge is 0.488 e. The first kappa shape index (κ1) is 26.9. The summed E-state index contributed by atoms with van der Waals surface area (Å²) in [5, 5.41) is 16.6. The summed E-state index contributed by atoms with van der Waals surface area (Å²) in [5.74, 6) is -2.32. The maximum absolute atomic E-state index is 12.9. The van der Waals surface area contributed by atoms with E-state index in [9.17, 15) is 19.2 Å². The molecule has 3 atom stereocenters. The zero-order valence-electron chi connectivity index (χ0n) is 19.8. The highest BCUT2D eigenvalue weighted by Gasteiger charge is 2.30. The number of benzene rings is 1. The molecule has 0 aliphatic rings. The molecule has 0 aliphatic heterocycles. The second-order valence-corrected chi connectivity index (χ2v) is 9.11. The first-order valence-electron chi connectivity index (χ1n) is 10.6. The lowest BCUT2D eigenvalue weighted by atomic mass is 10.0. The fraction of sp³-hybridized carbons (Fsp3) is 0.565. The molecular formula is C23H35N3O6. The van der Waals surface area contributed by atoms with Crippen LogP contribution in [0.15, 0.2) is 24.3 Å². The smallest absolute Gasteiger partial charge is 0.325 e. The molecule has 9 nitrogen and oxygen atoms in total. The summed E-state index contributed by atoms with van der Waals surface area (Å²) in [7, 11) is 0. The minimum atomic E-state index is -1.18. The van der Waals surface area contributed by atoms with Crippen LogP contribution < -0.4 is 20.7 Å². The Labute approximate surface area is 189 Å². The Balaban J connectivity index is 2.95. The number of rotatable bonds is 10. The van der Waals surface area contributed by atoms with Gasteiger partial charge in [-0.3, -0.25) is 19.2 Å². The van der Waals surface area contributed by atoms with Crippen LogP contribution in [0.2, 0.25) is 0 Å². The molecule has 0 heterocycles. The van der Waals surface area contributed by atoms with Gasteiger partial charge < -0.3 is 25.8 Å². The van der Waals surface area contributed by atoms with E-state index >= 15 is 0 Å². The monoisotopic (exact) mass is 449 g/mol. The lowest BCUT2D eigenvalue weighted by Crippen LogP contribution is -2.57. The summed E-state index contributed by atoms with van der Waals surface area (Å²) in [5.41, 5.74) is 0.454. The maximum Gasteiger partial charge on any atom is 0.325 e. The van der Waals surface area contributed by atoms with Crippen molar-refractivity contribution in [3.63, 3.8) is 0 Å². The summed E-state index contributed by atoms with van der Waals surface area (Å²) in [4.78, 5) is 48.1. The van der Waals surface area contributed by atoms with Crippen LogP contribution in [-0.2, 0) is 25.6 Å². The molecule has 0 fully saturated rings. The number of hydrogen-bond acceptors (Lipinski definition) is 5. The molecule has 178 valence electrons. The number of amides is 3. The van der Waals surface area contributed by atoms with Gasteiger partial charge >= 0.3 is 5.97 Å². The molecule has 0 aliphatic carbocycles. The number of ether oxygens (including phenoxy) is 1. The first-order chi connectivity index (χ1) is 14.7. The zero-order chi connectivity index (χ0) is 24.6. The molecule has 0 radical (unpaired) electrons. The number of aliphatic carboxylic acids is 1. The molecule has 9 heteroatoms. The van der Waals surface area contributed by atoms with Gasteiger partial charge in [0.2, 0.25) is 17.7 Å². The molecule has 1 aromatic carbocycles. The lowest BCUT2D eigenvalue weighted by Gasteiger charge is -2.26. The molecule has 3 amide bonds. The Hall–Kier alpha value is -3.10. The molecule has 0 spiro atoms. The third-order valence-electron chi connectivity index (χ3n) is 4.46. The topological polar surface area (TPSA) is 134 Å². The predicted octanol–water partition coefficient (Wildman–Crippen LogP) is 1.64. The van der Waals surface area contributed by atoms with E-state index in [1.54, 1.807) is 26.0 Å². The highest BCUT2D eigenvalue weighted by Crippen LogP contribution is 2.19. The summed E-state index contributed by atoms with van der Waals surface area (Å²) in [6.45, 7) is 11.9. The average molecular weight is 450 g/mol. The number of carboxylic acids is 1. The summed E-state index contributed by atoms with van der Waals surface area (Å²) in [6, 6.07) is 4.24. The van der Waals surface area contributed by atoms with E-state index in [0.717, 1.165) is 5.56 Å². The SMILES string of the molecule is CC(=O)N[C@@H](Cc1ccc(OC(C)(C)C)cc1)C(=O)N[C@H](C(=O)N[C@@H](C)C(=O)O)C(C)C. The Morgan fingerprint density at radius 1 is 0.938 bits per heavy atom. The van der Waals surface area contributed by atoms with Crippen molar-refractivity contribution in [3.8, 4) is 5.75 Å². The Kier molecular flexibility index (Phi) is 9.68. The van der Waals surface area contributed by atoms with Gasteiger partial charge in [-0.25, -0.2) is 0 Å².